The van der Waals surface area contributed by atoms with Gasteiger partial charge >= 0.3 is 0 Å². The number of carbonyl (C=O) groups is 2. The summed E-state index contributed by atoms with van der Waals surface area (Å²) in [5.74, 6) is -0.352. The van der Waals surface area contributed by atoms with Gasteiger partial charge in [-0.05, 0) is 32.0 Å². The molecule has 0 spiro atoms. The SMILES string of the molecule is CCN(CC)C(=O)CNC(=O)c1cc2ccc(Br)cc2[nH]1. The van der Waals surface area contributed by atoms with Crippen molar-refractivity contribution in [1.29, 1.82) is 0 Å². The Labute approximate surface area is 131 Å². The van der Waals surface area contributed by atoms with Crippen molar-refractivity contribution < 1.29 is 9.59 Å². The third-order valence-electron chi connectivity index (χ3n) is 3.35. The maximum Gasteiger partial charge on any atom is 0.268 e. The van der Waals surface area contributed by atoms with Crippen LogP contribution in [0.5, 0.6) is 0 Å². The number of likely N-dealkylation sites (N-methyl/N-ethyl adjacent to an activating group) is 1. The molecule has 0 fully saturated rings. The number of halogens is 1. The Morgan fingerprint density at radius 2 is 1.95 bits per heavy atom. The van der Waals surface area contributed by atoms with E-state index in [4.69, 9.17) is 0 Å². The summed E-state index contributed by atoms with van der Waals surface area (Å²) >= 11 is 3.39. The van der Waals surface area contributed by atoms with Crippen LogP contribution in [-0.2, 0) is 4.79 Å². The first-order valence-corrected chi connectivity index (χ1v) is 7.68. The normalized spacial score (nSPS) is 10.6. The average molecular weight is 352 g/mol. The number of carbonyl (C=O) groups excluding carboxylic acids is 2. The number of aromatic amines is 1. The van der Waals surface area contributed by atoms with Crippen LogP contribution in [0, 0.1) is 0 Å². The zero-order valence-corrected chi connectivity index (χ0v) is 13.7. The molecule has 0 bridgehead atoms. The van der Waals surface area contributed by atoms with E-state index in [0.29, 0.717) is 18.8 Å². The number of benzene rings is 1. The van der Waals surface area contributed by atoms with Gasteiger partial charge in [-0.3, -0.25) is 9.59 Å². The van der Waals surface area contributed by atoms with Gasteiger partial charge in [0.05, 0.1) is 6.54 Å². The molecule has 0 aliphatic rings. The minimum absolute atomic E-state index is 0.0135. The summed E-state index contributed by atoms with van der Waals surface area (Å²) in [5, 5.41) is 3.61. The molecule has 1 aromatic carbocycles. The smallest absolute Gasteiger partial charge is 0.268 e. The lowest BCUT2D eigenvalue weighted by Crippen LogP contribution is -2.40. The average Bonchev–Trinajstić information content (AvgIpc) is 2.89. The van der Waals surface area contributed by atoms with Crippen LogP contribution >= 0.6 is 15.9 Å². The number of fused-ring (bicyclic) bond motifs is 1. The van der Waals surface area contributed by atoms with Crippen molar-refractivity contribution >= 4 is 38.6 Å². The third kappa shape index (κ3) is 3.64. The summed E-state index contributed by atoms with van der Waals surface area (Å²) in [6.45, 7) is 5.13. The second-order valence-corrected chi connectivity index (χ2v) is 5.58. The molecular weight excluding hydrogens is 334 g/mol. The number of H-pyrrole nitrogens is 1. The molecule has 0 saturated heterocycles. The highest BCUT2D eigenvalue weighted by molar-refractivity contribution is 9.10. The van der Waals surface area contributed by atoms with Crippen LogP contribution in [0.3, 0.4) is 0 Å². The molecule has 0 saturated carbocycles. The topological polar surface area (TPSA) is 65.2 Å². The van der Waals surface area contributed by atoms with E-state index in [1.165, 1.54) is 0 Å². The molecule has 0 aliphatic carbocycles. The number of nitrogens with one attached hydrogen (secondary N) is 2. The molecule has 0 aliphatic heterocycles. The van der Waals surface area contributed by atoms with Gasteiger partial charge in [0, 0.05) is 28.5 Å². The summed E-state index contributed by atoms with van der Waals surface area (Å²) in [7, 11) is 0. The molecule has 0 atom stereocenters. The van der Waals surface area contributed by atoms with E-state index in [1.807, 2.05) is 32.0 Å². The number of amides is 2. The lowest BCUT2D eigenvalue weighted by molar-refractivity contribution is -0.129. The Balaban J connectivity index is 2.03. The molecular formula is C15H18BrN3O2. The van der Waals surface area contributed by atoms with Gasteiger partial charge in [0.2, 0.25) is 5.91 Å². The first-order chi connectivity index (χ1) is 10.0. The summed E-state index contributed by atoms with van der Waals surface area (Å²) in [6.07, 6.45) is 0. The van der Waals surface area contributed by atoms with Crippen molar-refractivity contribution in [1.82, 2.24) is 15.2 Å². The fourth-order valence-corrected chi connectivity index (χ4v) is 2.52. The Hall–Kier alpha value is -1.82. The van der Waals surface area contributed by atoms with Crippen LogP contribution in [0.25, 0.3) is 10.9 Å². The van der Waals surface area contributed by atoms with Gasteiger partial charge in [-0.25, -0.2) is 0 Å². The van der Waals surface area contributed by atoms with E-state index in [9.17, 15) is 9.59 Å². The van der Waals surface area contributed by atoms with E-state index < -0.39 is 0 Å². The molecule has 5 nitrogen and oxygen atoms in total. The Morgan fingerprint density at radius 3 is 2.62 bits per heavy atom. The zero-order valence-electron chi connectivity index (χ0n) is 12.1. The van der Waals surface area contributed by atoms with Crippen molar-refractivity contribution in [3.63, 3.8) is 0 Å². The second kappa shape index (κ2) is 6.76. The predicted octanol–water partition coefficient (Wildman–Crippen LogP) is 2.53. The van der Waals surface area contributed by atoms with Crippen LogP contribution in [0.1, 0.15) is 24.3 Å². The van der Waals surface area contributed by atoms with Crippen molar-refractivity contribution in [3.05, 3.63) is 34.4 Å². The first-order valence-electron chi connectivity index (χ1n) is 6.89. The zero-order chi connectivity index (χ0) is 15.4. The number of nitrogens with zero attached hydrogens (tertiary/aromatic N) is 1. The van der Waals surface area contributed by atoms with Crippen LogP contribution in [-0.4, -0.2) is 41.3 Å². The van der Waals surface area contributed by atoms with Gasteiger partial charge in [-0.2, -0.15) is 0 Å². The second-order valence-electron chi connectivity index (χ2n) is 4.66. The minimum Gasteiger partial charge on any atom is -0.350 e. The van der Waals surface area contributed by atoms with E-state index >= 15 is 0 Å². The van der Waals surface area contributed by atoms with Gasteiger partial charge in [-0.1, -0.05) is 22.0 Å². The summed E-state index contributed by atoms with van der Waals surface area (Å²) < 4.78 is 0.945. The van der Waals surface area contributed by atoms with Gasteiger partial charge in [-0.15, -0.1) is 0 Å². The van der Waals surface area contributed by atoms with Gasteiger partial charge in [0.15, 0.2) is 0 Å². The highest BCUT2D eigenvalue weighted by atomic mass is 79.9. The molecule has 6 heteroatoms. The Morgan fingerprint density at radius 1 is 1.24 bits per heavy atom. The van der Waals surface area contributed by atoms with Gasteiger partial charge in [0.1, 0.15) is 5.69 Å². The van der Waals surface area contributed by atoms with Crippen molar-refractivity contribution in [2.75, 3.05) is 19.6 Å². The molecule has 1 aromatic heterocycles. The number of hydrogen-bond acceptors (Lipinski definition) is 2. The number of hydrogen-bond donors (Lipinski definition) is 2. The van der Waals surface area contributed by atoms with Crippen molar-refractivity contribution in [2.24, 2.45) is 0 Å². The quantitative estimate of drug-likeness (QED) is 0.869. The largest absolute Gasteiger partial charge is 0.350 e. The predicted molar refractivity (Wildman–Crippen MR) is 86.3 cm³/mol. The Bertz CT molecular complexity index is 662. The maximum absolute atomic E-state index is 12.1. The molecule has 2 rings (SSSR count). The van der Waals surface area contributed by atoms with E-state index in [2.05, 4.69) is 26.2 Å². The standard InChI is InChI=1S/C15H18BrN3O2/c1-3-19(4-2)14(20)9-17-15(21)13-7-10-5-6-11(16)8-12(10)18-13/h5-8,18H,3-4,9H2,1-2H3,(H,17,21). The molecule has 1 heterocycles. The Kier molecular flexibility index (Phi) is 5.01. The fraction of sp³-hybridized carbons (Fsp3) is 0.333. The highest BCUT2D eigenvalue weighted by Gasteiger charge is 2.13. The monoisotopic (exact) mass is 351 g/mol. The van der Waals surface area contributed by atoms with Gasteiger partial charge < -0.3 is 15.2 Å². The molecule has 21 heavy (non-hydrogen) atoms. The van der Waals surface area contributed by atoms with Crippen molar-refractivity contribution in [3.8, 4) is 0 Å². The molecule has 112 valence electrons. The molecule has 2 aromatic rings. The number of aromatic nitrogens is 1. The molecule has 0 radical (unpaired) electrons. The van der Waals surface area contributed by atoms with Crippen LogP contribution in [0.4, 0.5) is 0 Å². The number of rotatable bonds is 5. The summed E-state index contributed by atoms with van der Waals surface area (Å²) in [5.41, 5.74) is 1.33. The molecule has 2 N–H and O–H groups in total. The first kappa shape index (κ1) is 15.6. The maximum atomic E-state index is 12.1. The summed E-state index contributed by atoms with van der Waals surface area (Å²) in [6, 6.07) is 7.53. The third-order valence-corrected chi connectivity index (χ3v) is 3.84. The van der Waals surface area contributed by atoms with Gasteiger partial charge in [0.25, 0.3) is 5.91 Å². The molecule has 0 unspecified atom stereocenters. The van der Waals surface area contributed by atoms with Crippen LogP contribution in [0.2, 0.25) is 0 Å². The highest BCUT2D eigenvalue weighted by Crippen LogP contribution is 2.20. The summed E-state index contributed by atoms with van der Waals surface area (Å²) in [4.78, 5) is 28.7. The fourth-order valence-electron chi connectivity index (χ4n) is 2.16. The van der Waals surface area contributed by atoms with E-state index in [1.54, 1.807) is 11.0 Å². The lowest BCUT2D eigenvalue weighted by atomic mass is 10.2. The van der Waals surface area contributed by atoms with Crippen LogP contribution < -0.4 is 5.32 Å². The lowest BCUT2D eigenvalue weighted by Gasteiger charge is -2.18. The molecule has 2 amide bonds. The van der Waals surface area contributed by atoms with E-state index in [-0.39, 0.29) is 18.4 Å². The van der Waals surface area contributed by atoms with E-state index in [0.717, 1.165) is 15.4 Å². The van der Waals surface area contributed by atoms with Crippen LogP contribution in [0.15, 0.2) is 28.7 Å². The van der Waals surface area contributed by atoms with Crippen molar-refractivity contribution in [2.45, 2.75) is 13.8 Å². The minimum atomic E-state index is -0.275.